The molecule has 0 spiro atoms. The van der Waals surface area contributed by atoms with Crippen molar-refractivity contribution >= 4 is 27.5 Å². The zero-order valence-corrected chi connectivity index (χ0v) is 13.2. The Bertz CT molecular complexity index is 604. The van der Waals surface area contributed by atoms with Gasteiger partial charge in [-0.05, 0) is 52.2 Å². The lowest BCUT2D eigenvalue weighted by Crippen LogP contribution is -2.15. The van der Waals surface area contributed by atoms with Crippen LogP contribution in [-0.2, 0) is 6.42 Å². The van der Waals surface area contributed by atoms with Crippen molar-refractivity contribution < 1.29 is 9.13 Å². The SMILES string of the molecule is COc1ccc(CC(N)c2cc(Cl)c(Br)cc2F)cc1. The van der Waals surface area contributed by atoms with Crippen molar-refractivity contribution in [1.82, 2.24) is 0 Å². The number of benzene rings is 2. The van der Waals surface area contributed by atoms with E-state index in [9.17, 15) is 4.39 Å². The van der Waals surface area contributed by atoms with Crippen molar-refractivity contribution in [2.24, 2.45) is 5.73 Å². The fraction of sp³-hybridized carbons (Fsp3) is 0.200. The van der Waals surface area contributed by atoms with Crippen LogP contribution in [-0.4, -0.2) is 7.11 Å². The maximum absolute atomic E-state index is 13.9. The molecule has 2 aromatic carbocycles. The number of methoxy groups -OCH3 is 1. The number of hydrogen-bond acceptors (Lipinski definition) is 2. The third-order valence-electron chi connectivity index (χ3n) is 3.05. The molecular formula is C15H14BrClFNO. The van der Waals surface area contributed by atoms with Gasteiger partial charge in [-0.15, -0.1) is 0 Å². The molecule has 0 amide bonds. The lowest BCUT2D eigenvalue weighted by atomic mass is 9.99. The Morgan fingerprint density at radius 2 is 1.95 bits per heavy atom. The van der Waals surface area contributed by atoms with Gasteiger partial charge in [-0.3, -0.25) is 0 Å². The number of hydrogen-bond donors (Lipinski definition) is 1. The predicted octanol–water partition coefficient (Wildman–Crippen LogP) is 4.49. The number of rotatable bonds is 4. The highest BCUT2D eigenvalue weighted by Gasteiger charge is 2.14. The van der Waals surface area contributed by atoms with Crippen LogP contribution >= 0.6 is 27.5 Å². The highest BCUT2D eigenvalue weighted by molar-refractivity contribution is 9.10. The molecule has 0 bridgehead atoms. The fourth-order valence-electron chi connectivity index (χ4n) is 1.95. The third kappa shape index (κ3) is 3.51. The van der Waals surface area contributed by atoms with Crippen molar-refractivity contribution in [3.05, 3.63) is 62.8 Å². The molecule has 0 saturated carbocycles. The first kappa shape index (κ1) is 15.3. The van der Waals surface area contributed by atoms with Crippen LogP contribution in [0.4, 0.5) is 4.39 Å². The van der Waals surface area contributed by atoms with Crippen LogP contribution in [0.15, 0.2) is 40.9 Å². The van der Waals surface area contributed by atoms with E-state index in [2.05, 4.69) is 15.9 Å². The normalized spacial score (nSPS) is 12.2. The first-order valence-corrected chi connectivity index (χ1v) is 7.21. The first-order chi connectivity index (χ1) is 9.51. The summed E-state index contributed by atoms with van der Waals surface area (Å²) in [4.78, 5) is 0. The van der Waals surface area contributed by atoms with Gasteiger partial charge in [-0.2, -0.15) is 0 Å². The van der Waals surface area contributed by atoms with E-state index < -0.39 is 6.04 Å². The smallest absolute Gasteiger partial charge is 0.129 e. The summed E-state index contributed by atoms with van der Waals surface area (Å²) in [6, 6.07) is 9.99. The zero-order valence-electron chi connectivity index (χ0n) is 10.9. The molecule has 1 unspecified atom stereocenters. The van der Waals surface area contributed by atoms with Crippen LogP contribution in [0.25, 0.3) is 0 Å². The first-order valence-electron chi connectivity index (χ1n) is 6.04. The lowest BCUT2D eigenvalue weighted by molar-refractivity contribution is 0.414. The molecule has 2 N–H and O–H groups in total. The molecule has 0 radical (unpaired) electrons. The summed E-state index contributed by atoms with van der Waals surface area (Å²) in [6.45, 7) is 0. The van der Waals surface area contributed by atoms with E-state index in [1.54, 1.807) is 13.2 Å². The van der Waals surface area contributed by atoms with Crippen molar-refractivity contribution in [3.63, 3.8) is 0 Å². The Hall–Kier alpha value is -1.10. The van der Waals surface area contributed by atoms with Gasteiger partial charge in [0.1, 0.15) is 11.6 Å². The average Bonchev–Trinajstić information content (AvgIpc) is 2.43. The molecule has 2 aromatic rings. The summed E-state index contributed by atoms with van der Waals surface area (Å²) in [5, 5.41) is 0.451. The molecule has 106 valence electrons. The molecule has 2 rings (SSSR count). The van der Waals surface area contributed by atoms with E-state index in [0.29, 0.717) is 21.5 Å². The molecule has 5 heteroatoms. The summed E-state index contributed by atoms with van der Waals surface area (Å²) in [6.07, 6.45) is 0.527. The summed E-state index contributed by atoms with van der Waals surface area (Å²) in [5.74, 6) is 0.419. The van der Waals surface area contributed by atoms with Gasteiger partial charge in [-0.25, -0.2) is 4.39 Å². The van der Waals surface area contributed by atoms with Crippen molar-refractivity contribution in [3.8, 4) is 5.75 Å². The van der Waals surface area contributed by atoms with Gasteiger partial charge in [-0.1, -0.05) is 23.7 Å². The zero-order chi connectivity index (χ0) is 14.7. The molecule has 2 nitrogen and oxygen atoms in total. The van der Waals surface area contributed by atoms with Gasteiger partial charge < -0.3 is 10.5 Å². The van der Waals surface area contributed by atoms with Crippen LogP contribution in [0.3, 0.4) is 0 Å². The van der Waals surface area contributed by atoms with E-state index in [0.717, 1.165) is 11.3 Å². The van der Waals surface area contributed by atoms with Crippen LogP contribution in [0, 0.1) is 5.82 Å². The van der Waals surface area contributed by atoms with E-state index in [4.69, 9.17) is 22.1 Å². The molecule has 0 aliphatic heterocycles. The fourth-order valence-corrected chi connectivity index (χ4v) is 2.44. The maximum Gasteiger partial charge on any atom is 0.129 e. The van der Waals surface area contributed by atoms with Crippen LogP contribution in [0.5, 0.6) is 5.75 Å². The molecule has 0 aromatic heterocycles. The Morgan fingerprint density at radius 1 is 1.30 bits per heavy atom. The second-order valence-corrected chi connectivity index (χ2v) is 5.71. The quantitative estimate of drug-likeness (QED) is 0.817. The predicted molar refractivity (Wildman–Crippen MR) is 82.7 cm³/mol. The van der Waals surface area contributed by atoms with E-state index >= 15 is 0 Å². The van der Waals surface area contributed by atoms with Crippen LogP contribution < -0.4 is 10.5 Å². The van der Waals surface area contributed by atoms with Gasteiger partial charge in [0.15, 0.2) is 0 Å². The summed E-state index contributed by atoms with van der Waals surface area (Å²) in [7, 11) is 1.61. The average molecular weight is 359 g/mol. The topological polar surface area (TPSA) is 35.2 Å². The standard InChI is InChI=1S/C15H14BrClFNO/c1-20-10-4-2-9(3-5-10)6-15(19)11-7-13(17)12(16)8-14(11)18/h2-5,7-8,15H,6,19H2,1H3. The Morgan fingerprint density at radius 3 is 2.55 bits per heavy atom. The van der Waals surface area contributed by atoms with Gasteiger partial charge >= 0.3 is 0 Å². The Kier molecular flexibility index (Phi) is 5.02. The molecule has 0 fully saturated rings. The van der Waals surface area contributed by atoms with Crippen molar-refractivity contribution in [2.45, 2.75) is 12.5 Å². The molecule has 0 aliphatic rings. The molecule has 0 saturated heterocycles. The Balaban J connectivity index is 2.18. The van der Waals surface area contributed by atoms with E-state index in [1.165, 1.54) is 6.07 Å². The molecule has 1 atom stereocenters. The minimum absolute atomic E-state index is 0.359. The van der Waals surface area contributed by atoms with Gasteiger partial charge in [0.2, 0.25) is 0 Å². The van der Waals surface area contributed by atoms with Gasteiger partial charge in [0.25, 0.3) is 0 Å². The van der Waals surface area contributed by atoms with Crippen LogP contribution in [0.2, 0.25) is 5.02 Å². The highest BCUT2D eigenvalue weighted by Crippen LogP contribution is 2.29. The molecule has 0 aliphatic carbocycles. The number of ether oxygens (including phenoxy) is 1. The lowest BCUT2D eigenvalue weighted by Gasteiger charge is -2.14. The second-order valence-electron chi connectivity index (χ2n) is 4.45. The highest BCUT2D eigenvalue weighted by atomic mass is 79.9. The van der Waals surface area contributed by atoms with Gasteiger partial charge in [0.05, 0.1) is 12.1 Å². The summed E-state index contributed by atoms with van der Waals surface area (Å²) in [5.41, 5.74) is 7.49. The number of halogens is 3. The second kappa shape index (κ2) is 6.57. The largest absolute Gasteiger partial charge is 0.497 e. The summed E-state index contributed by atoms with van der Waals surface area (Å²) < 4.78 is 19.5. The molecule has 0 heterocycles. The minimum Gasteiger partial charge on any atom is -0.497 e. The van der Waals surface area contributed by atoms with E-state index in [-0.39, 0.29) is 5.82 Å². The Labute approximate surface area is 130 Å². The maximum atomic E-state index is 13.9. The van der Waals surface area contributed by atoms with Crippen molar-refractivity contribution in [1.29, 1.82) is 0 Å². The van der Waals surface area contributed by atoms with E-state index in [1.807, 2.05) is 24.3 Å². The monoisotopic (exact) mass is 357 g/mol. The number of nitrogens with two attached hydrogens (primary N) is 1. The molecular weight excluding hydrogens is 345 g/mol. The molecule has 20 heavy (non-hydrogen) atoms. The third-order valence-corrected chi connectivity index (χ3v) is 4.25. The van der Waals surface area contributed by atoms with Gasteiger partial charge in [0, 0.05) is 16.1 Å². The summed E-state index contributed by atoms with van der Waals surface area (Å²) >= 11 is 9.17. The van der Waals surface area contributed by atoms with Crippen molar-refractivity contribution in [2.75, 3.05) is 7.11 Å². The minimum atomic E-state index is -0.450. The van der Waals surface area contributed by atoms with Crippen LogP contribution in [0.1, 0.15) is 17.2 Å².